The molecule has 112 valence electrons. The Morgan fingerprint density at radius 1 is 1.45 bits per heavy atom. The summed E-state index contributed by atoms with van der Waals surface area (Å²) in [6.07, 6.45) is 3.69. The van der Waals surface area contributed by atoms with Crippen LogP contribution in [0.3, 0.4) is 0 Å². The minimum Gasteiger partial charge on any atom is -0.389 e. The predicted octanol–water partition coefficient (Wildman–Crippen LogP) is 3.56. The van der Waals surface area contributed by atoms with Crippen LogP contribution in [0.15, 0.2) is 18.2 Å². The van der Waals surface area contributed by atoms with Crippen LogP contribution in [0.25, 0.3) is 0 Å². The molecule has 2 rings (SSSR count). The zero-order valence-corrected chi connectivity index (χ0v) is 12.1. The summed E-state index contributed by atoms with van der Waals surface area (Å²) in [4.78, 5) is 0. The van der Waals surface area contributed by atoms with E-state index in [0.29, 0.717) is 18.0 Å². The molecule has 4 heteroatoms. The molecular weight excluding hydrogens is 260 g/mol. The molecule has 1 aromatic rings. The summed E-state index contributed by atoms with van der Waals surface area (Å²) in [5.41, 5.74) is -0.423. The predicted molar refractivity (Wildman–Crippen MR) is 75.4 cm³/mol. The van der Waals surface area contributed by atoms with Crippen LogP contribution in [0.5, 0.6) is 0 Å². The lowest BCUT2D eigenvalue weighted by Crippen LogP contribution is -2.44. The second-order valence-corrected chi connectivity index (χ2v) is 6.17. The maximum absolute atomic E-state index is 13.7. The van der Waals surface area contributed by atoms with Gasteiger partial charge in [-0.05, 0) is 31.7 Å². The van der Waals surface area contributed by atoms with Gasteiger partial charge >= 0.3 is 0 Å². The first-order chi connectivity index (χ1) is 9.41. The van der Waals surface area contributed by atoms with Crippen molar-refractivity contribution in [2.24, 2.45) is 5.92 Å². The van der Waals surface area contributed by atoms with Crippen molar-refractivity contribution >= 4 is 0 Å². The number of hydrogen-bond acceptors (Lipinski definition) is 2. The molecule has 1 aromatic carbocycles. The summed E-state index contributed by atoms with van der Waals surface area (Å²) < 4.78 is 26.9. The van der Waals surface area contributed by atoms with E-state index in [1.807, 2.05) is 0 Å². The smallest absolute Gasteiger partial charge is 0.163 e. The number of halogens is 2. The molecule has 3 atom stereocenters. The van der Waals surface area contributed by atoms with E-state index in [2.05, 4.69) is 12.2 Å². The van der Waals surface area contributed by atoms with Gasteiger partial charge in [0, 0.05) is 18.2 Å². The van der Waals surface area contributed by atoms with Gasteiger partial charge in [-0.15, -0.1) is 0 Å². The third-order valence-corrected chi connectivity index (χ3v) is 4.25. The largest absolute Gasteiger partial charge is 0.389 e. The first kappa shape index (κ1) is 15.4. The monoisotopic (exact) mass is 283 g/mol. The highest BCUT2D eigenvalue weighted by Gasteiger charge is 2.32. The van der Waals surface area contributed by atoms with Crippen LogP contribution in [0.1, 0.15) is 51.1 Å². The van der Waals surface area contributed by atoms with Crippen LogP contribution < -0.4 is 5.32 Å². The summed E-state index contributed by atoms with van der Waals surface area (Å²) >= 11 is 0. The molecule has 3 unspecified atom stereocenters. The van der Waals surface area contributed by atoms with Gasteiger partial charge in [0.25, 0.3) is 0 Å². The van der Waals surface area contributed by atoms with E-state index in [-0.39, 0.29) is 6.04 Å². The molecule has 0 aromatic heterocycles. The van der Waals surface area contributed by atoms with Crippen LogP contribution in [-0.4, -0.2) is 17.3 Å². The van der Waals surface area contributed by atoms with Gasteiger partial charge in [-0.1, -0.05) is 31.9 Å². The maximum Gasteiger partial charge on any atom is 0.163 e. The SMILES string of the molecule is CC1CCCC(O)(CNC(C)c2cccc(F)c2F)C1. The van der Waals surface area contributed by atoms with Gasteiger partial charge in [0.15, 0.2) is 11.6 Å². The minimum atomic E-state index is -0.832. The number of hydrogen-bond donors (Lipinski definition) is 2. The molecule has 1 aliphatic rings. The quantitative estimate of drug-likeness (QED) is 0.885. The summed E-state index contributed by atoms with van der Waals surface area (Å²) in [5.74, 6) is -1.13. The molecule has 1 fully saturated rings. The van der Waals surface area contributed by atoms with Gasteiger partial charge in [-0.25, -0.2) is 8.78 Å². The third kappa shape index (κ3) is 3.55. The fourth-order valence-electron chi connectivity index (χ4n) is 3.10. The number of benzene rings is 1. The molecule has 0 spiro atoms. The minimum absolute atomic E-state index is 0.303. The molecular formula is C16H23F2NO. The van der Waals surface area contributed by atoms with Crippen LogP contribution in [0, 0.1) is 17.6 Å². The standard InChI is InChI=1S/C16H23F2NO/c1-11-5-4-8-16(20,9-11)10-19-12(2)13-6-3-7-14(17)15(13)18/h3,6-7,11-12,19-20H,4-5,8-10H2,1-2H3. The van der Waals surface area contributed by atoms with Crippen LogP contribution in [0.4, 0.5) is 8.78 Å². The molecule has 0 aliphatic heterocycles. The Hall–Kier alpha value is -1.00. The highest BCUT2D eigenvalue weighted by molar-refractivity contribution is 5.22. The Morgan fingerprint density at radius 2 is 2.20 bits per heavy atom. The Bertz CT molecular complexity index is 466. The fourth-order valence-corrected chi connectivity index (χ4v) is 3.10. The van der Waals surface area contributed by atoms with E-state index in [9.17, 15) is 13.9 Å². The summed E-state index contributed by atoms with van der Waals surface area (Å²) in [6.45, 7) is 4.34. The molecule has 20 heavy (non-hydrogen) atoms. The topological polar surface area (TPSA) is 32.3 Å². The summed E-state index contributed by atoms with van der Waals surface area (Å²) in [5, 5.41) is 13.7. The van der Waals surface area contributed by atoms with Gasteiger partial charge < -0.3 is 10.4 Å². The first-order valence-corrected chi connectivity index (χ1v) is 7.31. The van der Waals surface area contributed by atoms with E-state index < -0.39 is 17.2 Å². The molecule has 1 saturated carbocycles. The average Bonchev–Trinajstić information content (AvgIpc) is 2.39. The molecule has 0 amide bonds. The van der Waals surface area contributed by atoms with Crippen molar-refractivity contribution in [3.63, 3.8) is 0 Å². The van der Waals surface area contributed by atoms with Crippen molar-refractivity contribution in [3.8, 4) is 0 Å². The molecule has 0 radical (unpaired) electrons. The Kier molecular flexibility index (Phi) is 4.76. The van der Waals surface area contributed by atoms with E-state index in [4.69, 9.17) is 0 Å². The normalized spacial score (nSPS) is 28.4. The Labute approximate surface area is 119 Å². The van der Waals surface area contributed by atoms with Gasteiger partial charge in [-0.2, -0.15) is 0 Å². The van der Waals surface area contributed by atoms with Gasteiger partial charge in [0.1, 0.15) is 0 Å². The third-order valence-electron chi connectivity index (χ3n) is 4.25. The molecule has 0 heterocycles. The second kappa shape index (κ2) is 6.19. The van der Waals surface area contributed by atoms with Crippen LogP contribution in [-0.2, 0) is 0 Å². The van der Waals surface area contributed by atoms with E-state index in [1.54, 1.807) is 13.0 Å². The summed E-state index contributed by atoms with van der Waals surface area (Å²) in [6, 6.07) is 3.86. The van der Waals surface area contributed by atoms with E-state index >= 15 is 0 Å². The zero-order valence-electron chi connectivity index (χ0n) is 12.1. The highest BCUT2D eigenvalue weighted by Crippen LogP contribution is 2.32. The lowest BCUT2D eigenvalue weighted by Gasteiger charge is -2.36. The van der Waals surface area contributed by atoms with Crippen LogP contribution >= 0.6 is 0 Å². The fraction of sp³-hybridized carbons (Fsp3) is 0.625. The number of rotatable bonds is 4. The number of nitrogens with one attached hydrogen (secondary N) is 1. The zero-order chi connectivity index (χ0) is 14.8. The molecule has 2 N–H and O–H groups in total. The second-order valence-electron chi connectivity index (χ2n) is 6.17. The molecule has 0 bridgehead atoms. The van der Waals surface area contributed by atoms with Crippen molar-refractivity contribution in [2.45, 2.75) is 51.2 Å². The molecule has 2 nitrogen and oxygen atoms in total. The lowest BCUT2D eigenvalue weighted by molar-refractivity contribution is -0.0135. The Balaban J connectivity index is 1.98. The molecule has 1 aliphatic carbocycles. The average molecular weight is 283 g/mol. The van der Waals surface area contributed by atoms with Crippen molar-refractivity contribution in [1.82, 2.24) is 5.32 Å². The highest BCUT2D eigenvalue weighted by atomic mass is 19.2. The van der Waals surface area contributed by atoms with Crippen molar-refractivity contribution in [2.75, 3.05) is 6.54 Å². The summed E-state index contributed by atoms with van der Waals surface area (Å²) in [7, 11) is 0. The first-order valence-electron chi connectivity index (χ1n) is 7.31. The van der Waals surface area contributed by atoms with Crippen molar-refractivity contribution in [3.05, 3.63) is 35.4 Å². The maximum atomic E-state index is 13.7. The van der Waals surface area contributed by atoms with Gasteiger partial charge in [0.2, 0.25) is 0 Å². The van der Waals surface area contributed by atoms with Gasteiger partial charge in [0.05, 0.1) is 5.60 Å². The van der Waals surface area contributed by atoms with Gasteiger partial charge in [-0.3, -0.25) is 0 Å². The Morgan fingerprint density at radius 3 is 2.90 bits per heavy atom. The van der Waals surface area contributed by atoms with Crippen LogP contribution in [0.2, 0.25) is 0 Å². The van der Waals surface area contributed by atoms with E-state index in [0.717, 1.165) is 31.7 Å². The van der Waals surface area contributed by atoms with Crippen molar-refractivity contribution < 1.29 is 13.9 Å². The molecule has 0 saturated heterocycles. The van der Waals surface area contributed by atoms with Crippen molar-refractivity contribution in [1.29, 1.82) is 0 Å². The number of aliphatic hydroxyl groups is 1. The van der Waals surface area contributed by atoms with E-state index in [1.165, 1.54) is 6.07 Å². The lowest BCUT2D eigenvalue weighted by atomic mass is 9.79.